The molecule has 136 valence electrons. The first-order valence-corrected chi connectivity index (χ1v) is 9.49. The summed E-state index contributed by atoms with van der Waals surface area (Å²) in [5.41, 5.74) is 1.28. The van der Waals surface area contributed by atoms with Crippen molar-refractivity contribution >= 4 is 11.8 Å². The molecule has 0 saturated carbocycles. The Kier molecular flexibility index (Phi) is 6.08. The predicted octanol–water partition coefficient (Wildman–Crippen LogP) is 2.03. The molecule has 0 aromatic heterocycles. The number of benzene rings is 1. The van der Waals surface area contributed by atoms with Crippen LogP contribution in [0, 0.1) is 5.92 Å². The highest BCUT2D eigenvalue weighted by atomic mass is 16.2. The zero-order valence-corrected chi connectivity index (χ0v) is 15.1. The summed E-state index contributed by atoms with van der Waals surface area (Å²) in [7, 11) is 0. The van der Waals surface area contributed by atoms with Crippen LogP contribution in [0.15, 0.2) is 30.3 Å². The van der Waals surface area contributed by atoms with E-state index in [1.165, 1.54) is 5.56 Å². The summed E-state index contributed by atoms with van der Waals surface area (Å²) in [6, 6.07) is 9.95. The van der Waals surface area contributed by atoms with Crippen molar-refractivity contribution in [1.82, 2.24) is 15.1 Å². The second kappa shape index (κ2) is 8.48. The molecule has 0 aliphatic carbocycles. The molecule has 2 fully saturated rings. The minimum Gasteiger partial charge on any atom is -0.344 e. The molecule has 5 nitrogen and oxygen atoms in total. The molecule has 5 heteroatoms. The monoisotopic (exact) mass is 343 g/mol. The molecule has 0 spiro atoms. The molecule has 2 unspecified atom stereocenters. The van der Waals surface area contributed by atoms with Gasteiger partial charge in [-0.25, -0.2) is 0 Å². The highest BCUT2D eigenvalue weighted by molar-refractivity contribution is 5.88. The Balaban J connectivity index is 1.50. The van der Waals surface area contributed by atoms with Crippen LogP contribution in [0.1, 0.15) is 38.2 Å². The lowest BCUT2D eigenvalue weighted by Crippen LogP contribution is -2.50. The lowest BCUT2D eigenvalue weighted by molar-refractivity contribution is -0.136. The topological polar surface area (TPSA) is 52.7 Å². The highest BCUT2D eigenvalue weighted by Crippen LogP contribution is 2.19. The van der Waals surface area contributed by atoms with Crippen LogP contribution in [-0.2, 0) is 16.1 Å². The molecule has 2 aliphatic heterocycles. The van der Waals surface area contributed by atoms with Gasteiger partial charge in [-0.3, -0.25) is 14.5 Å². The van der Waals surface area contributed by atoms with Gasteiger partial charge in [0, 0.05) is 26.2 Å². The number of piperidine rings is 1. The van der Waals surface area contributed by atoms with Crippen LogP contribution in [-0.4, -0.2) is 53.8 Å². The van der Waals surface area contributed by atoms with Crippen molar-refractivity contribution in [2.45, 2.75) is 45.2 Å². The van der Waals surface area contributed by atoms with Gasteiger partial charge in [-0.2, -0.15) is 0 Å². The fourth-order valence-electron chi connectivity index (χ4n) is 3.86. The second-order valence-electron chi connectivity index (χ2n) is 7.32. The fourth-order valence-corrected chi connectivity index (χ4v) is 3.86. The molecule has 2 heterocycles. The van der Waals surface area contributed by atoms with Gasteiger partial charge < -0.3 is 10.2 Å². The summed E-state index contributed by atoms with van der Waals surface area (Å²) < 4.78 is 0. The van der Waals surface area contributed by atoms with Gasteiger partial charge in [-0.15, -0.1) is 0 Å². The maximum atomic E-state index is 12.6. The van der Waals surface area contributed by atoms with Crippen LogP contribution in [0.4, 0.5) is 0 Å². The normalized spacial score (nSPS) is 22.6. The fraction of sp³-hybridized carbons (Fsp3) is 0.600. The Morgan fingerprint density at radius 3 is 2.56 bits per heavy atom. The molecule has 2 saturated heterocycles. The quantitative estimate of drug-likeness (QED) is 0.890. The van der Waals surface area contributed by atoms with Crippen molar-refractivity contribution in [3.8, 4) is 0 Å². The molecule has 2 amide bonds. The molecule has 2 atom stereocenters. The van der Waals surface area contributed by atoms with Gasteiger partial charge in [0.2, 0.25) is 11.8 Å². The van der Waals surface area contributed by atoms with E-state index in [0.29, 0.717) is 0 Å². The van der Waals surface area contributed by atoms with Crippen molar-refractivity contribution in [3.05, 3.63) is 35.9 Å². The zero-order chi connectivity index (χ0) is 17.6. The Labute approximate surface area is 150 Å². The number of nitrogens with zero attached hydrogens (tertiary/aromatic N) is 2. The third kappa shape index (κ3) is 4.82. The van der Waals surface area contributed by atoms with Gasteiger partial charge in [0.25, 0.3) is 0 Å². The summed E-state index contributed by atoms with van der Waals surface area (Å²) in [4.78, 5) is 29.2. The molecular weight excluding hydrogens is 314 g/mol. The van der Waals surface area contributed by atoms with E-state index in [4.69, 9.17) is 0 Å². The molecule has 1 aromatic rings. The van der Waals surface area contributed by atoms with Crippen molar-refractivity contribution in [2.24, 2.45) is 5.92 Å². The molecular formula is C20H29N3O2. The number of nitrogens with one attached hydrogen (secondary N) is 1. The largest absolute Gasteiger partial charge is 0.344 e. The third-order valence-electron chi connectivity index (χ3n) is 5.27. The SMILES string of the molecule is CC(NC(=O)C1CCCN(Cc2ccccc2)C1)C(=O)N1CCCC1. The average molecular weight is 343 g/mol. The lowest BCUT2D eigenvalue weighted by atomic mass is 9.96. The van der Waals surface area contributed by atoms with Crippen LogP contribution in [0.3, 0.4) is 0 Å². The number of carbonyl (C=O) groups is 2. The number of hydrogen-bond acceptors (Lipinski definition) is 3. The van der Waals surface area contributed by atoms with Gasteiger partial charge in [0.1, 0.15) is 6.04 Å². The summed E-state index contributed by atoms with van der Waals surface area (Å²) in [6.07, 6.45) is 4.08. The van der Waals surface area contributed by atoms with Crippen molar-refractivity contribution < 1.29 is 9.59 Å². The highest BCUT2D eigenvalue weighted by Gasteiger charge is 2.29. The van der Waals surface area contributed by atoms with Crippen molar-refractivity contribution in [1.29, 1.82) is 0 Å². The number of carbonyl (C=O) groups excluding carboxylic acids is 2. The van der Waals surface area contributed by atoms with E-state index in [2.05, 4.69) is 34.5 Å². The van der Waals surface area contributed by atoms with Crippen LogP contribution in [0.25, 0.3) is 0 Å². The molecule has 1 N–H and O–H groups in total. The first-order valence-electron chi connectivity index (χ1n) is 9.49. The summed E-state index contributed by atoms with van der Waals surface area (Å²) in [5.74, 6) is 0.0619. The van der Waals surface area contributed by atoms with E-state index in [9.17, 15) is 9.59 Å². The molecule has 2 aliphatic rings. The number of amides is 2. The lowest BCUT2D eigenvalue weighted by Gasteiger charge is -2.32. The number of hydrogen-bond donors (Lipinski definition) is 1. The average Bonchev–Trinajstić information content (AvgIpc) is 3.16. The van der Waals surface area contributed by atoms with Gasteiger partial charge in [0.15, 0.2) is 0 Å². The first-order chi connectivity index (χ1) is 12.1. The van der Waals surface area contributed by atoms with Crippen molar-refractivity contribution in [2.75, 3.05) is 26.2 Å². The molecule has 0 radical (unpaired) electrons. The second-order valence-corrected chi connectivity index (χ2v) is 7.32. The third-order valence-corrected chi connectivity index (χ3v) is 5.27. The van der Waals surface area contributed by atoms with Crippen LogP contribution < -0.4 is 5.32 Å². The van der Waals surface area contributed by atoms with Crippen LogP contribution in [0.5, 0.6) is 0 Å². The first kappa shape index (κ1) is 17.9. The maximum Gasteiger partial charge on any atom is 0.244 e. The van der Waals surface area contributed by atoms with Gasteiger partial charge in [-0.05, 0) is 44.7 Å². The summed E-state index contributed by atoms with van der Waals surface area (Å²) in [6.45, 7) is 6.14. The Hall–Kier alpha value is -1.88. The molecule has 0 bridgehead atoms. The Morgan fingerprint density at radius 2 is 1.84 bits per heavy atom. The van der Waals surface area contributed by atoms with E-state index in [1.807, 2.05) is 17.9 Å². The molecule has 25 heavy (non-hydrogen) atoms. The Bertz CT molecular complexity index is 584. The minimum absolute atomic E-state index is 0.0220. The zero-order valence-electron chi connectivity index (χ0n) is 15.1. The Morgan fingerprint density at radius 1 is 1.12 bits per heavy atom. The molecule has 1 aromatic carbocycles. The van der Waals surface area contributed by atoms with E-state index < -0.39 is 6.04 Å². The van der Waals surface area contributed by atoms with Crippen LogP contribution >= 0.6 is 0 Å². The number of rotatable bonds is 5. The van der Waals surface area contributed by atoms with E-state index in [0.717, 1.165) is 58.4 Å². The van der Waals surface area contributed by atoms with Crippen molar-refractivity contribution in [3.63, 3.8) is 0 Å². The van der Waals surface area contributed by atoms with Gasteiger partial charge in [-0.1, -0.05) is 30.3 Å². The smallest absolute Gasteiger partial charge is 0.244 e. The summed E-state index contributed by atoms with van der Waals surface area (Å²) >= 11 is 0. The maximum absolute atomic E-state index is 12.6. The van der Waals surface area contributed by atoms with E-state index in [1.54, 1.807) is 0 Å². The predicted molar refractivity (Wildman–Crippen MR) is 97.9 cm³/mol. The van der Waals surface area contributed by atoms with E-state index >= 15 is 0 Å². The standard InChI is InChI=1S/C20H29N3O2/c1-16(20(25)23-12-5-6-13-23)21-19(24)18-10-7-11-22(15-18)14-17-8-3-2-4-9-17/h2-4,8-9,16,18H,5-7,10-15H2,1H3,(H,21,24). The van der Waals surface area contributed by atoms with Crippen LogP contribution in [0.2, 0.25) is 0 Å². The minimum atomic E-state index is -0.421. The summed E-state index contributed by atoms with van der Waals surface area (Å²) in [5, 5.41) is 2.95. The van der Waals surface area contributed by atoms with Gasteiger partial charge >= 0.3 is 0 Å². The molecule has 3 rings (SSSR count). The van der Waals surface area contributed by atoms with Gasteiger partial charge in [0.05, 0.1) is 5.92 Å². The van der Waals surface area contributed by atoms with E-state index in [-0.39, 0.29) is 17.7 Å². The number of likely N-dealkylation sites (tertiary alicyclic amines) is 2.